The zero-order chi connectivity index (χ0) is 21.2. The molecular formula is C20H39NO5Si. The number of amides is 1. The van der Waals surface area contributed by atoms with Gasteiger partial charge in [-0.2, -0.15) is 0 Å². The summed E-state index contributed by atoms with van der Waals surface area (Å²) in [6, 6.07) is 0. The average Bonchev–Trinajstić information content (AvgIpc) is 2.84. The van der Waals surface area contributed by atoms with Crippen LogP contribution in [0.1, 0.15) is 48.5 Å². The van der Waals surface area contributed by atoms with Crippen molar-refractivity contribution in [3.05, 3.63) is 12.2 Å². The van der Waals surface area contributed by atoms with Crippen LogP contribution in [0, 0.1) is 5.92 Å². The van der Waals surface area contributed by atoms with E-state index in [9.17, 15) is 4.79 Å². The van der Waals surface area contributed by atoms with Crippen molar-refractivity contribution >= 4 is 14.2 Å². The number of hydrogen-bond acceptors (Lipinski definition) is 5. The van der Waals surface area contributed by atoms with Crippen LogP contribution < -0.4 is 0 Å². The van der Waals surface area contributed by atoms with Crippen LogP contribution in [0.5, 0.6) is 0 Å². The molecule has 0 N–H and O–H groups in total. The van der Waals surface area contributed by atoms with Crippen molar-refractivity contribution in [3.63, 3.8) is 0 Å². The number of allylic oxidation sites excluding steroid dienone is 1. The maximum absolute atomic E-state index is 12.8. The van der Waals surface area contributed by atoms with Gasteiger partial charge in [0.2, 0.25) is 0 Å². The van der Waals surface area contributed by atoms with Gasteiger partial charge in [0, 0.05) is 7.05 Å². The maximum Gasteiger partial charge on any atom is 0.277 e. The van der Waals surface area contributed by atoms with Gasteiger partial charge in [-0.15, -0.1) is 0 Å². The third-order valence-electron chi connectivity index (χ3n) is 5.20. The molecule has 1 rings (SSSR count). The monoisotopic (exact) mass is 401 g/mol. The van der Waals surface area contributed by atoms with Gasteiger partial charge in [0.25, 0.3) is 5.91 Å². The largest absolute Gasteiger partial charge is 0.408 e. The summed E-state index contributed by atoms with van der Waals surface area (Å²) in [6.45, 7) is 18.8. The molecule has 1 heterocycles. The van der Waals surface area contributed by atoms with Gasteiger partial charge in [0.1, 0.15) is 6.10 Å². The Morgan fingerprint density at radius 3 is 2.19 bits per heavy atom. The van der Waals surface area contributed by atoms with Crippen molar-refractivity contribution in [2.75, 3.05) is 14.2 Å². The average molecular weight is 402 g/mol. The van der Waals surface area contributed by atoms with E-state index in [0.717, 1.165) is 0 Å². The predicted octanol–water partition coefficient (Wildman–Crippen LogP) is 4.13. The molecular weight excluding hydrogens is 362 g/mol. The van der Waals surface area contributed by atoms with E-state index < -0.39 is 26.3 Å². The zero-order valence-electron chi connectivity index (χ0n) is 19.0. The molecule has 1 aliphatic rings. The first kappa shape index (κ1) is 24.3. The van der Waals surface area contributed by atoms with Crippen LogP contribution in [0.3, 0.4) is 0 Å². The summed E-state index contributed by atoms with van der Waals surface area (Å²) in [6.07, 6.45) is 2.39. The summed E-state index contributed by atoms with van der Waals surface area (Å²) in [7, 11) is 0.929. The minimum absolute atomic E-state index is 0.0364. The highest BCUT2D eigenvalue weighted by Gasteiger charge is 2.51. The third-order valence-corrected chi connectivity index (χ3v) is 9.68. The number of carbonyl (C=O) groups excluding carboxylic acids is 1. The molecule has 0 aromatic heterocycles. The van der Waals surface area contributed by atoms with Crippen LogP contribution in [-0.2, 0) is 23.5 Å². The quantitative estimate of drug-likeness (QED) is 0.365. The Morgan fingerprint density at radius 1 is 1.19 bits per heavy atom. The van der Waals surface area contributed by atoms with Gasteiger partial charge in [-0.25, -0.2) is 5.06 Å². The van der Waals surface area contributed by atoms with Gasteiger partial charge < -0.3 is 13.9 Å². The van der Waals surface area contributed by atoms with Gasteiger partial charge in [-0.1, -0.05) is 46.8 Å². The molecule has 0 aromatic carbocycles. The van der Waals surface area contributed by atoms with Gasteiger partial charge in [-0.3, -0.25) is 9.63 Å². The van der Waals surface area contributed by atoms with Crippen molar-refractivity contribution in [1.29, 1.82) is 0 Å². The SMILES string of the molecule is CON(C)C(=O)[C@@H]1OC(C)(C)O[C@H]1[C@@H](/C=C/C(C)C)O[Si](C)(C)C(C)(C)C. The summed E-state index contributed by atoms with van der Waals surface area (Å²) in [5.74, 6) is -0.795. The molecule has 27 heavy (non-hydrogen) atoms. The summed E-state index contributed by atoms with van der Waals surface area (Å²) >= 11 is 0. The van der Waals surface area contributed by atoms with Crippen LogP contribution in [0.15, 0.2) is 12.2 Å². The van der Waals surface area contributed by atoms with E-state index in [1.165, 1.54) is 12.2 Å². The smallest absolute Gasteiger partial charge is 0.277 e. The van der Waals surface area contributed by atoms with E-state index in [-0.39, 0.29) is 17.0 Å². The Kier molecular flexibility index (Phi) is 7.87. The van der Waals surface area contributed by atoms with Gasteiger partial charge in [0.15, 0.2) is 20.2 Å². The number of nitrogens with zero attached hydrogens (tertiary/aromatic N) is 1. The van der Waals surface area contributed by atoms with Crippen molar-refractivity contribution in [3.8, 4) is 0 Å². The molecule has 0 saturated carbocycles. The molecule has 0 aliphatic carbocycles. The maximum atomic E-state index is 12.8. The van der Waals surface area contributed by atoms with E-state index >= 15 is 0 Å². The lowest BCUT2D eigenvalue weighted by Gasteiger charge is -2.40. The fourth-order valence-corrected chi connectivity index (χ4v) is 3.80. The molecule has 1 amide bonds. The van der Waals surface area contributed by atoms with Crippen molar-refractivity contribution < 1.29 is 23.5 Å². The second-order valence-corrected chi connectivity index (χ2v) is 14.3. The number of likely N-dealkylation sites (N-methyl/N-ethyl adjacent to an activating group) is 1. The van der Waals surface area contributed by atoms with Crippen molar-refractivity contribution in [2.45, 2.75) is 90.7 Å². The Morgan fingerprint density at radius 2 is 1.74 bits per heavy atom. The molecule has 1 fully saturated rings. The van der Waals surface area contributed by atoms with E-state index in [1.54, 1.807) is 7.05 Å². The van der Waals surface area contributed by atoms with Gasteiger partial charge in [-0.05, 0) is 37.9 Å². The Hall–Kier alpha value is -0.733. The highest BCUT2D eigenvalue weighted by atomic mass is 28.4. The highest BCUT2D eigenvalue weighted by molar-refractivity contribution is 6.74. The Balaban J connectivity index is 3.26. The first-order valence-corrected chi connectivity index (χ1v) is 12.6. The molecule has 1 aliphatic heterocycles. The topological polar surface area (TPSA) is 57.2 Å². The third kappa shape index (κ3) is 6.39. The summed E-state index contributed by atoms with van der Waals surface area (Å²) < 4.78 is 18.8. The number of hydroxylamine groups is 2. The highest BCUT2D eigenvalue weighted by Crippen LogP contribution is 2.40. The number of carbonyl (C=O) groups is 1. The number of ether oxygens (including phenoxy) is 2. The van der Waals surface area contributed by atoms with Crippen LogP contribution in [0.4, 0.5) is 0 Å². The minimum Gasteiger partial charge on any atom is -0.408 e. The predicted molar refractivity (Wildman–Crippen MR) is 110 cm³/mol. The van der Waals surface area contributed by atoms with Crippen LogP contribution in [-0.4, -0.2) is 57.5 Å². The summed E-state index contributed by atoms with van der Waals surface area (Å²) in [5.41, 5.74) is 0. The minimum atomic E-state index is -2.10. The normalized spacial score (nSPS) is 24.6. The number of hydrogen-bond donors (Lipinski definition) is 0. The van der Waals surface area contributed by atoms with E-state index in [1.807, 2.05) is 19.9 Å². The van der Waals surface area contributed by atoms with Crippen LogP contribution >= 0.6 is 0 Å². The lowest BCUT2D eigenvalue weighted by molar-refractivity contribution is -0.187. The van der Waals surface area contributed by atoms with E-state index in [2.05, 4.69) is 53.8 Å². The lowest BCUT2D eigenvalue weighted by Crippen LogP contribution is -2.51. The first-order valence-electron chi connectivity index (χ1n) is 9.65. The van der Waals surface area contributed by atoms with E-state index in [0.29, 0.717) is 5.92 Å². The summed E-state index contributed by atoms with van der Waals surface area (Å²) in [4.78, 5) is 17.9. The molecule has 0 unspecified atom stereocenters. The zero-order valence-corrected chi connectivity index (χ0v) is 20.0. The molecule has 0 spiro atoms. The fourth-order valence-electron chi connectivity index (χ4n) is 2.55. The molecule has 6 nitrogen and oxygen atoms in total. The summed E-state index contributed by atoms with van der Waals surface area (Å²) in [5, 5.41) is 1.21. The van der Waals surface area contributed by atoms with Crippen LogP contribution in [0.2, 0.25) is 18.1 Å². The molecule has 1 saturated heterocycles. The fraction of sp³-hybridized carbons (Fsp3) is 0.850. The van der Waals surface area contributed by atoms with Crippen molar-refractivity contribution in [1.82, 2.24) is 5.06 Å². The van der Waals surface area contributed by atoms with Crippen molar-refractivity contribution in [2.24, 2.45) is 5.92 Å². The second-order valence-electron chi connectivity index (χ2n) is 9.51. The number of rotatable bonds is 7. The van der Waals surface area contributed by atoms with Crippen LogP contribution in [0.25, 0.3) is 0 Å². The molecule has 158 valence electrons. The standard InChI is InChI=1S/C20H39NO5Si/c1-14(2)12-13-15(26-27(10,11)19(3,4)5)16-17(18(22)21(8)23-9)25-20(6,7)24-16/h12-17H,1-11H3/b13-12+/t15-,16+,17-/m1/s1. The van der Waals surface area contributed by atoms with Gasteiger partial charge >= 0.3 is 0 Å². The molecule has 7 heteroatoms. The second kappa shape index (κ2) is 8.74. The molecule has 0 aromatic rings. The van der Waals surface area contributed by atoms with E-state index in [4.69, 9.17) is 18.7 Å². The Bertz CT molecular complexity index is 539. The first-order chi connectivity index (χ1) is 12.1. The van der Waals surface area contributed by atoms with Gasteiger partial charge in [0.05, 0.1) is 13.2 Å². The molecule has 0 bridgehead atoms. The lowest BCUT2D eigenvalue weighted by atomic mass is 10.1. The molecule has 3 atom stereocenters. The molecule has 0 radical (unpaired) electrons. The Labute approximate surface area is 166 Å².